The first-order valence-corrected chi connectivity index (χ1v) is 21.1. The number of benzene rings is 10. The van der Waals surface area contributed by atoms with Crippen LogP contribution in [-0.2, 0) is 5.41 Å². The van der Waals surface area contributed by atoms with E-state index in [1.54, 1.807) is 0 Å². The van der Waals surface area contributed by atoms with Gasteiger partial charge in [0, 0.05) is 33.3 Å². The van der Waals surface area contributed by atoms with Crippen molar-refractivity contribution in [2.45, 2.75) is 5.41 Å². The number of furan rings is 1. The molecule has 0 saturated heterocycles. The second-order valence-electron chi connectivity index (χ2n) is 16.4. The third kappa shape index (κ3) is 4.85. The summed E-state index contributed by atoms with van der Waals surface area (Å²) in [6.45, 7) is 0. The Labute approximate surface area is 354 Å². The molecule has 2 nitrogen and oxygen atoms in total. The first-order valence-electron chi connectivity index (χ1n) is 21.1. The fourth-order valence-electron chi connectivity index (χ4n) is 10.7. The normalized spacial score (nSPS) is 13.0. The molecule has 2 aliphatic carbocycles. The van der Waals surface area contributed by atoms with E-state index >= 15 is 0 Å². The molecule has 0 amide bonds. The Morgan fingerprint density at radius 2 is 0.869 bits per heavy atom. The molecule has 11 aromatic rings. The maximum atomic E-state index is 6.48. The van der Waals surface area contributed by atoms with Crippen molar-refractivity contribution < 1.29 is 4.42 Å². The van der Waals surface area contributed by atoms with E-state index in [9.17, 15) is 0 Å². The van der Waals surface area contributed by atoms with E-state index in [-0.39, 0.29) is 0 Å². The highest BCUT2D eigenvalue weighted by Gasteiger charge is 2.51. The Morgan fingerprint density at radius 1 is 0.328 bits per heavy atom. The van der Waals surface area contributed by atoms with Gasteiger partial charge in [0.1, 0.15) is 11.2 Å². The van der Waals surface area contributed by atoms with Crippen LogP contribution in [0.2, 0.25) is 0 Å². The number of anilines is 3. The van der Waals surface area contributed by atoms with Crippen LogP contribution in [0.15, 0.2) is 229 Å². The highest BCUT2D eigenvalue weighted by Crippen LogP contribution is 2.63. The molecule has 0 radical (unpaired) electrons. The van der Waals surface area contributed by atoms with E-state index in [0.717, 1.165) is 50.1 Å². The summed E-state index contributed by atoms with van der Waals surface area (Å²) < 4.78 is 6.48. The summed E-state index contributed by atoms with van der Waals surface area (Å²) >= 11 is 0. The maximum absolute atomic E-state index is 6.48. The van der Waals surface area contributed by atoms with Crippen LogP contribution in [0.1, 0.15) is 22.3 Å². The van der Waals surface area contributed by atoms with Gasteiger partial charge in [0.05, 0.1) is 11.1 Å². The van der Waals surface area contributed by atoms with Gasteiger partial charge in [0.25, 0.3) is 0 Å². The van der Waals surface area contributed by atoms with Crippen molar-refractivity contribution in [3.63, 3.8) is 0 Å². The molecule has 0 fully saturated rings. The summed E-state index contributed by atoms with van der Waals surface area (Å²) in [5.41, 5.74) is 19.9. The average molecular weight is 776 g/mol. The molecule has 0 bridgehead atoms. The topological polar surface area (TPSA) is 16.4 Å². The number of fused-ring (bicyclic) bond motifs is 14. The van der Waals surface area contributed by atoms with Crippen molar-refractivity contribution in [2.24, 2.45) is 0 Å². The van der Waals surface area contributed by atoms with Gasteiger partial charge >= 0.3 is 0 Å². The van der Waals surface area contributed by atoms with Crippen LogP contribution in [0.5, 0.6) is 0 Å². The zero-order valence-electron chi connectivity index (χ0n) is 33.2. The monoisotopic (exact) mass is 775 g/mol. The molecule has 0 aliphatic heterocycles. The summed E-state index contributed by atoms with van der Waals surface area (Å²) in [7, 11) is 0. The second-order valence-corrected chi connectivity index (χ2v) is 16.4. The van der Waals surface area contributed by atoms with Crippen LogP contribution in [0, 0.1) is 0 Å². The van der Waals surface area contributed by atoms with Crippen molar-refractivity contribution in [3.8, 4) is 44.5 Å². The van der Waals surface area contributed by atoms with E-state index in [1.807, 2.05) is 12.1 Å². The number of hydrogen-bond acceptors (Lipinski definition) is 2. The van der Waals surface area contributed by atoms with Crippen LogP contribution >= 0.6 is 0 Å². The Bertz CT molecular complexity index is 3490. The predicted molar refractivity (Wildman–Crippen MR) is 253 cm³/mol. The molecule has 1 aromatic heterocycles. The minimum absolute atomic E-state index is 0.416. The average Bonchev–Trinajstić information content (AvgIpc) is 3.96. The predicted octanol–water partition coefficient (Wildman–Crippen LogP) is 15.9. The third-order valence-electron chi connectivity index (χ3n) is 13.3. The molecular formula is C59H37NO. The first-order chi connectivity index (χ1) is 30.3. The molecule has 0 saturated carbocycles. The van der Waals surface area contributed by atoms with E-state index < -0.39 is 5.41 Å². The van der Waals surface area contributed by atoms with E-state index in [0.29, 0.717) is 0 Å². The van der Waals surface area contributed by atoms with Crippen LogP contribution in [0.25, 0.3) is 77.2 Å². The van der Waals surface area contributed by atoms with E-state index in [2.05, 4.69) is 217 Å². The quantitative estimate of drug-likeness (QED) is 0.173. The molecule has 0 atom stereocenters. The van der Waals surface area contributed by atoms with Crippen molar-refractivity contribution in [3.05, 3.63) is 247 Å². The second kappa shape index (κ2) is 13.0. The lowest BCUT2D eigenvalue weighted by atomic mass is 9.70. The fourth-order valence-corrected chi connectivity index (χ4v) is 10.7. The van der Waals surface area contributed by atoms with Crippen molar-refractivity contribution >= 4 is 49.8 Å². The summed E-state index contributed by atoms with van der Waals surface area (Å²) in [5.74, 6) is 0. The van der Waals surface area contributed by atoms with Gasteiger partial charge in [-0.25, -0.2) is 0 Å². The molecule has 1 spiro atoms. The van der Waals surface area contributed by atoms with E-state index in [1.165, 1.54) is 66.4 Å². The van der Waals surface area contributed by atoms with Gasteiger partial charge in [0.15, 0.2) is 0 Å². The fraction of sp³-hybridized carbons (Fsp3) is 0.0169. The molecular weight excluding hydrogens is 739 g/mol. The molecule has 0 N–H and O–H groups in total. The number of nitrogens with zero attached hydrogens (tertiary/aromatic N) is 1. The summed E-state index contributed by atoms with van der Waals surface area (Å²) in [5, 5.41) is 4.69. The van der Waals surface area contributed by atoms with Crippen LogP contribution in [0.3, 0.4) is 0 Å². The molecule has 13 rings (SSSR count). The molecule has 1 heterocycles. The van der Waals surface area contributed by atoms with Crippen molar-refractivity contribution in [1.82, 2.24) is 0 Å². The number of hydrogen-bond donors (Lipinski definition) is 0. The molecule has 2 heteroatoms. The minimum atomic E-state index is -0.416. The minimum Gasteiger partial charge on any atom is -0.455 e. The van der Waals surface area contributed by atoms with Gasteiger partial charge in [-0.05, 0) is 109 Å². The first kappa shape index (κ1) is 34.0. The Kier molecular flexibility index (Phi) is 7.26. The van der Waals surface area contributed by atoms with Crippen LogP contribution in [-0.4, -0.2) is 0 Å². The number of para-hydroxylation sites is 3. The van der Waals surface area contributed by atoms with Gasteiger partial charge in [-0.2, -0.15) is 0 Å². The van der Waals surface area contributed by atoms with Crippen molar-refractivity contribution in [1.29, 1.82) is 0 Å². The lowest BCUT2D eigenvalue weighted by Crippen LogP contribution is -2.25. The van der Waals surface area contributed by atoms with Gasteiger partial charge < -0.3 is 9.32 Å². The zero-order valence-corrected chi connectivity index (χ0v) is 33.2. The van der Waals surface area contributed by atoms with Gasteiger partial charge in [0.2, 0.25) is 0 Å². The lowest BCUT2D eigenvalue weighted by Gasteiger charge is -2.31. The van der Waals surface area contributed by atoms with E-state index in [4.69, 9.17) is 4.42 Å². The Morgan fingerprint density at radius 3 is 1.61 bits per heavy atom. The summed E-state index contributed by atoms with van der Waals surface area (Å²) in [6, 6.07) is 82.3. The van der Waals surface area contributed by atoms with Gasteiger partial charge in [-0.3, -0.25) is 0 Å². The highest BCUT2D eigenvalue weighted by molar-refractivity contribution is 6.09. The zero-order chi connectivity index (χ0) is 40.1. The maximum Gasteiger partial charge on any atom is 0.143 e. The molecule has 10 aromatic carbocycles. The highest BCUT2D eigenvalue weighted by atomic mass is 16.3. The standard InChI is InChI=1S/C59H37NO/c1-2-15-40-36-43(34-28-38(40)14-1)60(42-32-29-39(30-33-42)45-21-13-22-51-50-20-7-12-27-57(50)61-58(45)51)56-26-11-6-16-44(56)41-31-35-49-48-19-5-10-25-54(48)59(55(49)37-41)52-23-8-3-17-46(52)47-18-4-9-24-53(47)59/h1-37H. The van der Waals surface area contributed by atoms with Gasteiger partial charge in [-0.1, -0.05) is 182 Å². The number of rotatable bonds is 5. The Hall–Kier alpha value is -7.94. The van der Waals surface area contributed by atoms with Crippen LogP contribution < -0.4 is 4.90 Å². The SMILES string of the molecule is c1ccc(N(c2ccc(-c3cccc4c3oc3ccccc34)cc2)c2ccc3ccccc3c2)c(-c2ccc3c(c2)C2(c4ccccc4-c4ccccc42)c2ccccc2-3)c1. The Balaban J connectivity index is 1.00. The smallest absolute Gasteiger partial charge is 0.143 e. The molecule has 284 valence electrons. The lowest BCUT2D eigenvalue weighted by molar-refractivity contribution is 0.670. The van der Waals surface area contributed by atoms with Crippen LogP contribution in [0.4, 0.5) is 17.1 Å². The van der Waals surface area contributed by atoms with Crippen molar-refractivity contribution in [2.75, 3.05) is 4.90 Å². The largest absolute Gasteiger partial charge is 0.455 e. The molecule has 2 aliphatic rings. The summed E-state index contributed by atoms with van der Waals surface area (Å²) in [6.07, 6.45) is 0. The molecule has 0 unspecified atom stereocenters. The molecule has 61 heavy (non-hydrogen) atoms. The summed E-state index contributed by atoms with van der Waals surface area (Å²) in [4.78, 5) is 2.42. The van der Waals surface area contributed by atoms with Gasteiger partial charge in [-0.15, -0.1) is 0 Å². The third-order valence-corrected chi connectivity index (χ3v) is 13.3.